The third kappa shape index (κ3) is 3.35. The molecule has 0 spiro atoms. The van der Waals surface area contributed by atoms with E-state index in [-0.39, 0.29) is 5.75 Å². The summed E-state index contributed by atoms with van der Waals surface area (Å²) in [4.78, 5) is 4.29. The van der Waals surface area contributed by atoms with Crippen LogP contribution in [0.2, 0.25) is 0 Å². The summed E-state index contributed by atoms with van der Waals surface area (Å²) >= 11 is 0. The van der Waals surface area contributed by atoms with Gasteiger partial charge < -0.3 is 10.2 Å². The monoisotopic (exact) mass is 241 g/mol. The molecule has 18 heavy (non-hydrogen) atoms. The smallest absolute Gasteiger partial charge is 0.118 e. The highest BCUT2D eigenvalue weighted by atomic mass is 16.3. The van der Waals surface area contributed by atoms with Gasteiger partial charge in [-0.2, -0.15) is 0 Å². The van der Waals surface area contributed by atoms with E-state index in [4.69, 9.17) is 5.11 Å². The molecule has 0 saturated heterocycles. The zero-order valence-electron chi connectivity index (χ0n) is 9.95. The van der Waals surface area contributed by atoms with E-state index in [0.717, 1.165) is 11.1 Å². The molecule has 0 radical (unpaired) electrons. The zero-order valence-corrected chi connectivity index (χ0v) is 9.95. The lowest BCUT2D eigenvalue weighted by atomic mass is 10.1. The second-order valence-corrected chi connectivity index (χ2v) is 4.01. The van der Waals surface area contributed by atoms with Crippen LogP contribution in [0, 0.1) is 0 Å². The van der Waals surface area contributed by atoms with Gasteiger partial charge in [0.2, 0.25) is 0 Å². The average Bonchev–Trinajstić information content (AvgIpc) is 2.39. The summed E-state index contributed by atoms with van der Waals surface area (Å²) in [5, 5.41) is 18.7. The molecule has 2 aromatic rings. The Kier molecular flexibility index (Phi) is 3.97. The highest BCUT2D eigenvalue weighted by molar-refractivity contribution is 5.79. The summed E-state index contributed by atoms with van der Waals surface area (Å²) in [6.45, 7) is 0.623. The number of rotatable bonds is 4. The van der Waals surface area contributed by atoms with Crippen molar-refractivity contribution in [2.45, 2.75) is 6.42 Å². The van der Waals surface area contributed by atoms with E-state index >= 15 is 0 Å². The van der Waals surface area contributed by atoms with Gasteiger partial charge >= 0.3 is 0 Å². The molecule has 0 unspecified atom stereocenters. The first kappa shape index (κ1) is 12.2. The largest absolute Gasteiger partial charge is 0.508 e. The molecule has 0 amide bonds. The number of hydrogen-bond acceptors (Lipinski definition) is 3. The van der Waals surface area contributed by atoms with Crippen LogP contribution in [0.3, 0.4) is 0 Å². The Morgan fingerprint density at radius 2 is 1.67 bits per heavy atom. The zero-order chi connectivity index (χ0) is 12.8. The third-order valence-electron chi connectivity index (χ3n) is 2.64. The maximum atomic E-state index is 9.58. The van der Waals surface area contributed by atoms with Crippen molar-refractivity contribution in [1.82, 2.24) is 0 Å². The lowest BCUT2D eigenvalue weighted by molar-refractivity contribution is 0.468. The summed E-state index contributed by atoms with van der Waals surface area (Å²) in [5.74, 6) is 0.568. The molecule has 2 rings (SSSR count). The number of nitrogens with zero attached hydrogens (tertiary/aromatic N) is 1. The molecule has 2 aromatic carbocycles. The van der Waals surface area contributed by atoms with Crippen LogP contribution >= 0.6 is 0 Å². The van der Waals surface area contributed by atoms with Crippen molar-refractivity contribution in [3.63, 3.8) is 0 Å². The molecule has 0 aliphatic heterocycles. The second-order valence-electron chi connectivity index (χ2n) is 4.01. The average molecular weight is 241 g/mol. The number of benzene rings is 2. The van der Waals surface area contributed by atoms with Gasteiger partial charge in [-0.25, -0.2) is 0 Å². The molecule has 0 aliphatic carbocycles. The van der Waals surface area contributed by atoms with Crippen molar-refractivity contribution in [3.05, 3.63) is 59.7 Å². The first-order valence-electron chi connectivity index (χ1n) is 5.81. The Hall–Kier alpha value is -2.29. The van der Waals surface area contributed by atoms with Crippen molar-refractivity contribution >= 4 is 6.21 Å². The number of phenols is 2. The van der Waals surface area contributed by atoms with Crippen molar-refractivity contribution < 1.29 is 10.2 Å². The molecule has 0 heterocycles. The minimum atomic E-state index is 0.251. The highest BCUT2D eigenvalue weighted by Gasteiger charge is 1.97. The van der Waals surface area contributed by atoms with Gasteiger partial charge in [0.05, 0.1) is 0 Å². The van der Waals surface area contributed by atoms with E-state index in [0.29, 0.717) is 18.7 Å². The van der Waals surface area contributed by atoms with E-state index in [9.17, 15) is 5.11 Å². The fraction of sp³-hybridized carbons (Fsp3) is 0.133. The van der Waals surface area contributed by atoms with Gasteiger partial charge in [0.25, 0.3) is 0 Å². The molecule has 0 saturated carbocycles. The fourth-order valence-electron chi connectivity index (χ4n) is 1.64. The third-order valence-corrected chi connectivity index (χ3v) is 2.64. The summed E-state index contributed by atoms with van der Waals surface area (Å²) in [6, 6.07) is 14.1. The van der Waals surface area contributed by atoms with Crippen molar-refractivity contribution in [2.24, 2.45) is 4.99 Å². The van der Waals surface area contributed by atoms with Crippen LogP contribution in [0.1, 0.15) is 11.1 Å². The van der Waals surface area contributed by atoms with Gasteiger partial charge in [-0.1, -0.05) is 18.2 Å². The summed E-state index contributed by atoms with van der Waals surface area (Å²) in [6.07, 6.45) is 2.47. The van der Waals surface area contributed by atoms with Crippen LogP contribution < -0.4 is 0 Å². The number of aliphatic imine (C=N–C) groups is 1. The van der Waals surface area contributed by atoms with Gasteiger partial charge in [0.1, 0.15) is 11.5 Å². The Bertz CT molecular complexity index is 532. The number of phenolic OH excluding ortho intramolecular Hbond substituents is 2. The van der Waals surface area contributed by atoms with E-state index in [1.165, 1.54) is 0 Å². The quantitative estimate of drug-likeness (QED) is 0.809. The number of para-hydroxylation sites is 1. The van der Waals surface area contributed by atoms with Gasteiger partial charge in [-0.15, -0.1) is 0 Å². The molecule has 2 N–H and O–H groups in total. The van der Waals surface area contributed by atoms with Crippen molar-refractivity contribution in [1.29, 1.82) is 0 Å². The lowest BCUT2D eigenvalue weighted by Gasteiger charge is -2.01. The molecule has 0 aliphatic rings. The van der Waals surface area contributed by atoms with Crippen LogP contribution in [-0.4, -0.2) is 23.0 Å². The van der Waals surface area contributed by atoms with E-state index in [1.807, 2.05) is 12.1 Å². The number of hydrogen-bond donors (Lipinski definition) is 2. The fourth-order valence-corrected chi connectivity index (χ4v) is 1.64. The maximum Gasteiger partial charge on any atom is 0.118 e. The van der Waals surface area contributed by atoms with E-state index in [2.05, 4.69) is 4.99 Å². The van der Waals surface area contributed by atoms with Crippen LogP contribution in [0.25, 0.3) is 0 Å². The van der Waals surface area contributed by atoms with Crippen LogP contribution in [0.15, 0.2) is 53.5 Å². The predicted octanol–water partition coefficient (Wildman–Crippen LogP) is 2.76. The molecule has 3 nitrogen and oxygen atoms in total. The first-order chi connectivity index (χ1) is 8.75. The Morgan fingerprint density at radius 1 is 0.944 bits per heavy atom. The van der Waals surface area contributed by atoms with Crippen LogP contribution in [-0.2, 0) is 6.42 Å². The molecule has 0 fully saturated rings. The van der Waals surface area contributed by atoms with E-state index < -0.39 is 0 Å². The standard InChI is InChI=1S/C15H15NO2/c17-14-7-5-12(6-8-14)11-16-10-9-13-3-1-2-4-15(13)18/h1-8,11,17-18H,9-10H2/b16-11+. The topological polar surface area (TPSA) is 52.8 Å². The van der Waals surface area contributed by atoms with Crippen LogP contribution in [0.5, 0.6) is 11.5 Å². The first-order valence-corrected chi connectivity index (χ1v) is 5.81. The van der Waals surface area contributed by atoms with Gasteiger partial charge in [-0.3, -0.25) is 4.99 Å². The number of aromatic hydroxyl groups is 2. The maximum absolute atomic E-state index is 9.58. The van der Waals surface area contributed by atoms with Crippen molar-refractivity contribution in [3.8, 4) is 11.5 Å². The molecule has 0 aromatic heterocycles. The second kappa shape index (κ2) is 5.87. The molecular weight excluding hydrogens is 226 g/mol. The Labute approximate surface area is 106 Å². The predicted molar refractivity (Wildman–Crippen MR) is 72.4 cm³/mol. The van der Waals surface area contributed by atoms with Crippen molar-refractivity contribution in [2.75, 3.05) is 6.54 Å². The van der Waals surface area contributed by atoms with Gasteiger partial charge in [-0.05, 0) is 47.9 Å². The minimum absolute atomic E-state index is 0.251. The SMILES string of the molecule is Oc1ccc(/C=N/CCc2ccccc2O)cc1. The summed E-state index contributed by atoms with van der Waals surface area (Å²) in [5.41, 5.74) is 1.85. The van der Waals surface area contributed by atoms with Crippen LogP contribution in [0.4, 0.5) is 0 Å². The lowest BCUT2D eigenvalue weighted by Crippen LogP contribution is -1.91. The van der Waals surface area contributed by atoms with Gasteiger partial charge in [0, 0.05) is 12.8 Å². The normalized spacial score (nSPS) is 10.9. The van der Waals surface area contributed by atoms with E-state index in [1.54, 1.807) is 42.6 Å². The Morgan fingerprint density at radius 3 is 2.39 bits per heavy atom. The molecule has 0 atom stereocenters. The summed E-state index contributed by atoms with van der Waals surface area (Å²) < 4.78 is 0. The highest BCUT2D eigenvalue weighted by Crippen LogP contribution is 2.15. The minimum Gasteiger partial charge on any atom is -0.508 e. The summed E-state index contributed by atoms with van der Waals surface area (Å²) in [7, 11) is 0. The Balaban J connectivity index is 1.89. The molecular formula is C15H15NO2. The molecule has 92 valence electrons. The van der Waals surface area contributed by atoms with Gasteiger partial charge in [0.15, 0.2) is 0 Å². The molecule has 3 heteroatoms. The molecule has 0 bridgehead atoms.